The van der Waals surface area contributed by atoms with Crippen LogP contribution in [0.25, 0.3) is 0 Å². The second-order valence-electron chi connectivity index (χ2n) is 5.63. The average molecular weight is 307 g/mol. The minimum Gasteiger partial charge on any atom is -0.324 e. The Balaban J connectivity index is 1.63. The summed E-state index contributed by atoms with van der Waals surface area (Å²) in [6.07, 6.45) is 2.73. The lowest BCUT2D eigenvalue weighted by Gasteiger charge is -2.14. The van der Waals surface area contributed by atoms with Crippen molar-refractivity contribution in [1.82, 2.24) is 5.06 Å². The van der Waals surface area contributed by atoms with E-state index in [9.17, 15) is 14.4 Å². The maximum Gasteiger partial charge on any atom is 0.364 e. The summed E-state index contributed by atoms with van der Waals surface area (Å²) in [5.41, 5.74) is 3.01. The number of hydrogen-bond donors (Lipinski definition) is 0. The van der Waals surface area contributed by atoms with Crippen molar-refractivity contribution in [1.29, 1.82) is 0 Å². The van der Waals surface area contributed by atoms with E-state index >= 15 is 0 Å². The Kier molecular flexibility index (Phi) is 3.01. The summed E-state index contributed by atoms with van der Waals surface area (Å²) >= 11 is 0. The van der Waals surface area contributed by atoms with Crippen LogP contribution in [0, 0.1) is 0 Å². The first-order chi connectivity index (χ1) is 11.2. The van der Waals surface area contributed by atoms with E-state index in [1.165, 1.54) is 0 Å². The highest BCUT2D eigenvalue weighted by Gasteiger charge is 2.39. The number of nitrogens with zero attached hydrogens (tertiary/aromatic N) is 1. The molecule has 1 aliphatic carbocycles. The third kappa shape index (κ3) is 2.04. The Morgan fingerprint density at radius 3 is 2.30 bits per heavy atom. The molecule has 1 heterocycles. The Morgan fingerprint density at radius 2 is 1.61 bits per heavy atom. The number of carbonyl (C=O) groups excluding carboxylic acids is 3. The summed E-state index contributed by atoms with van der Waals surface area (Å²) in [6, 6.07) is 11.9. The molecule has 1 aliphatic heterocycles. The van der Waals surface area contributed by atoms with Gasteiger partial charge in [0.2, 0.25) is 0 Å². The van der Waals surface area contributed by atoms with Crippen LogP contribution in [-0.4, -0.2) is 22.8 Å². The van der Waals surface area contributed by atoms with Gasteiger partial charge in [0.15, 0.2) is 0 Å². The smallest absolute Gasteiger partial charge is 0.324 e. The maximum absolute atomic E-state index is 12.4. The van der Waals surface area contributed by atoms with E-state index in [1.54, 1.807) is 36.4 Å². The monoisotopic (exact) mass is 307 g/mol. The molecule has 4 rings (SSSR count). The molecule has 2 aromatic carbocycles. The molecule has 0 saturated heterocycles. The first kappa shape index (κ1) is 13.7. The SMILES string of the molecule is O=C(ON1C(=O)c2ccccc2C1=O)c1cccc2c1CCC2. The molecule has 2 aromatic rings. The molecule has 0 saturated carbocycles. The first-order valence-corrected chi connectivity index (χ1v) is 7.47. The second-order valence-corrected chi connectivity index (χ2v) is 5.63. The van der Waals surface area contributed by atoms with Crippen molar-refractivity contribution < 1.29 is 19.2 Å². The van der Waals surface area contributed by atoms with Gasteiger partial charge in [-0.2, -0.15) is 0 Å². The van der Waals surface area contributed by atoms with Crippen molar-refractivity contribution in [3.05, 3.63) is 70.3 Å². The first-order valence-electron chi connectivity index (χ1n) is 7.47. The summed E-state index contributed by atoms with van der Waals surface area (Å²) in [5.74, 6) is -1.88. The molecule has 0 bridgehead atoms. The molecular formula is C18H13NO4. The maximum atomic E-state index is 12.4. The van der Waals surface area contributed by atoms with E-state index in [-0.39, 0.29) is 11.1 Å². The standard InChI is InChI=1S/C18H13NO4/c20-16-13-7-1-2-8-14(13)17(21)19(16)23-18(22)15-10-4-6-11-5-3-9-12(11)15/h1-2,4,6-8,10H,3,5,9H2. The third-order valence-corrected chi connectivity index (χ3v) is 4.30. The van der Waals surface area contributed by atoms with Crippen molar-refractivity contribution >= 4 is 17.8 Å². The van der Waals surface area contributed by atoms with E-state index < -0.39 is 17.8 Å². The topological polar surface area (TPSA) is 63.7 Å². The van der Waals surface area contributed by atoms with E-state index in [2.05, 4.69) is 0 Å². The second kappa shape index (κ2) is 5.05. The summed E-state index contributed by atoms with van der Waals surface area (Å²) in [4.78, 5) is 42.0. The predicted octanol–water partition coefficient (Wildman–Crippen LogP) is 2.54. The Bertz CT molecular complexity index is 821. The third-order valence-electron chi connectivity index (χ3n) is 4.30. The zero-order chi connectivity index (χ0) is 16.0. The number of carbonyl (C=O) groups is 3. The number of imide groups is 1. The molecule has 0 spiro atoms. The lowest BCUT2D eigenvalue weighted by Crippen LogP contribution is -2.33. The normalized spacial score (nSPS) is 15.6. The number of hydroxylamine groups is 2. The quantitative estimate of drug-likeness (QED) is 0.800. The minimum absolute atomic E-state index is 0.253. The summed E-state index contributed by atoms with van der Waals surface area (Å²) < 4.78 is 0. The molecule has 23 heavy (non-hydrogen) atoms. The van der Waals surface area contributed by atoms with Crippen LogP contribution in [0.15, 0.2) is 42.5 Å². The number of benzene rings is 2. The average Bonchev–Trinajstić information content (AvgIpc) is 3.14. The van der Waals surface area contributed by atoms with Crippen molar-refractivity contribution in [2.45, 2.75) is 19.3 Å². The van der Waals surface area contributed by atoms with Gasteiger partial charge in [0.05, 0.1) is 16.7 Å². The number of hydrogen-bond acceptors (Lipinski definition) is 4. The minimum atomic E-state index is -0.668. The fraction of sp³-hybridized carbons (Fsp3) is 0.167. The molecule has 114 valence electrons. The molecule has 0 unspecified atom stereocenters. The molecule has 0 N–H and O–H groups in total. The molecule has 0 fully saturated rings. The van der Waals surface area contributed by atoms with Gasteiger partial charge in [-0.15, -0.1) is 0 Å². The lowest BCUT2D eigenvalue weighted by molar-refractivity contribution is -0.0585. The Labute approximate surface area is 132 Å². The van der Waals surface area contributed by atoms with Gasteiger partial charge in [-0.05, 0) is 48.6 Å². The van der Waals surface area contributed by atoms with E-state index in [1.807, 2.05) is 6.07 Å². The van der Waals surface area contributed by atoms with E-state index in [4.69, 9.17) is 4.84 Å². The van der Waals surface area contributed by atoms with Gasteiger partial charge in [-0.1, -0.05) is 29.3 Å². The molecule has 0 atom stereocenters. The number of fused-ring (bicyclic) bond motifs is 2. The van der Waals surface area contributed by atoms with Crippen LogP contribution in [0.2, 0.25) is 0 Å². The van der Waals surface area contributed by atoms with Gasteiger partial charge in [0, 0.05) is 0 Å². The number of rotatable bonds is 2. The van der Waals surface area contributed by atoms with Crippen LogP contribution >= 0.6 is 0 Å². The zero-order valence-corrected chi connectivity index (χ0v) is 12.2. The van der Waals surface area contributed by atoms with Gasteiger partial charge in [0.25, 0.3) is 11.8 Å². The summed E-state index contributed by atoms with van der Waals surface area (Å²) in [5, 5.41) is 0.557. The molecule has 0 radical (unpaired) electrons. The molecule has 0 aromatic heterocycles. The fourth-order valence-corrected chi connectivity index (χ4v) is 3.19. The van der Waals surface area contributed by atoms with Crippen LogP contribution < -0.4 is 0 Å². The molecule has 2 amide bonds. The van der Waals surface area contributed by atoms with Crippen LogP contribution in [-0.2, 0) is 17.7 Å². The number of aryl methyl sites for hydroxylation is 1. The molecular weight excluding hydrogens is 294 g/mol. The largest absolute Gasteiger partial charge is 0.364 e. The Hall–Kier alpha value is -2.95. The van der Waals surface area contributed by atoms with Crippen molar-refractivity contribution in [2.75, 3.05) is 0 Å². The van der Waals surface area contributed by atoms with Gasteiger partial charge >= 0.3 is 5.97 Å². The highest BCUT2D eigenvalue weighted by atomic mass is 16.7. The van der Waals surface area contributed by atoms with Crippen LogP contribution in [0.3, 0.4) is 0 Å². The van der Waals surface area contributed by atoms with Gasteiger partial charge in [-0.25, -0.2) is 4.79 Å². The van der Waals surface area contributed by atoms with E-state index in [0.717, 1.165) is 30.4 Å². The van der Waals surface area contributed by atoms with Crippen molar-refractivity contribution in [3.8, 4) is 0 Å². The lowest BCUT2D eigenvalue weighted by atomic mass is 10.0. The van der Waals surface area contributed by atoms with Gasteiger partial charge in [0.1, 0.15) is 0 Å². The molecule has 2 aliphatic rings. The number of amides is 2. The van der Waals surface area contributed by atoms with Crippen LogP contribution in [0.5, 0.6) is 0 Å². The summed E-state index contributed by atoms with van der Waals surface area (Å²) in [6.45, 7) is 0. The summed E-state index contributed by atoms with van der Waals surface area (Å²) in [7, 11) is 0. The van der Waals surface area contributed by atoms with Crippen LogP contribution in [0.1, 0.15) is 48.6 Å². The predicted molar refractivity (Wildman–Crippen MR) is 80.8 cm³/mol. The zero-order valence-electron chi connectivity index (χ0n) is 12.2. The van der Waals surface area contributed by atoms with Gasteiger partial charge in [-0.3, -0.25) is 9.59 Å². The molecule has 5 heteroatoms. The highest BCUT2D eigenvalue weighted by molar-refractivity contribution is 6.21. The fourth-order valence-electron chi connectivity index (χ4n) is 3.19. The van der Waals surface area contributed by atoms with Crippen molar-refractivity contribution in [2.24, 2.45) is 0 Å². The molecule has 5 nitrogen and oxygen atoms in total. The van der Waals surface area contributed by atoms with Crippen molar-refractivity contribution in [3.63, 3.8) is 0 Å². The van der Waals surface area contributed by atoms with E-state index in [0.29, 0.717) is 10.6 Å². The Morgan fingerprint density at radius 1 is 0.913 bits per heavy atom. The highest BCUT2D eigenvalue weighted by Crippen LogP contribution is 2.27. The van der Waals surface area contributed by atoms with Gasteiger partial charge < -0.3 is 4.84 Å². The van der Waals surface area contributed by atoms with Crippen LogP contribution in [0.4, 0.5) is 0 Å².